The van der Waals surface area contributed by atoms with Crippen LogP contribution < -0.4 is 37.3 Å². The highest BCUT2D eigenvalue weighted by Gasteiger charge is 2.22. The Balaban J connectivity index is 0.000000702. The summed E-state index contributed by atoms with van der Waals surface area (Å²) in [6.07, 6.45) is 9.55. The Hall–Kier alpha value is -6.17. The second-order valence-corrected chi connectivity index (χ2v) is 24.1. The number of aromatic nitrogens is 4. The summed E-state index contributed by atoms with van der Waals surface area (Å²) in [5.74, 6) is -0.0328. The maximum atomic E-state index is 12.5. The zero-order valence-corrected chi connectivity index (χ0v) is 49.6. The summed E-state index contributed by atoms with van der Waals surface area (Å²) in [7, 11) is -3.09. The Bertz CT molecular complexity index is 2840. The van der Waals surface area contributed by atoms with E-state index in [4.69, 9.17) is 36.9 Å². The summed E-state index contributed by atoms with van der Waals surface area (Å²) < 4.78 is 58.1. The molecule has 0 spiro atoms. The molecule has 0 aliphatic carbocycles. The molecule has 2 aromatic carbocycles. The second kappa shape index (κ2) is 34.0. The van der Waals surface area contributed by atoms with Crippen LogP contribution in [0.1, 0.15) is 137 Å². The van der Waals surface area contributed by atoms with Crippen molar-refractivity contribution in [2.24, 2.45) is 11.7 Å². The van der Waals surface area contributed by atoms with Crippen LogP contribution in [0.4, 0.5) is 23.5 Å². The molecule has 78 heavy (non-hydrogen) atoms. The number of benzene rings is 2. The van der Waals surface area contributed by atoms with Gasteiger partial charge in [0.25, 0.3) is 0 Å². The van der Waals surface area contributed by atoms with Crippen LogP contribution in [0.5, 0.6) is 11.5 Å². The van der Waals surface area contributed by atoms with Gasteiger partial charge in [0.2, 0.25) is 11.9 Å². The number of nitrogens with one attached hydrogen (secondary N) is 2. The van der Waals surface area contributed by atoms with E-state index >= 15 is 0 Å². The zero-order chi connectivity index (χ0) is 58.2. The molecule has 2 heterocycles. The molecule has 0 aliphatic heterocycles. The minimum atomic E-state index is -3.12. The smallest absolute Gasteiger partial charge is 0.307 e. The topological polar surface area (TPSA) is 349 Å². The molecule has 10 N–H and O–H groups in total. The molecule has 0 aliphatic rings. The van der Waals surface area contributed by atoms with Crippen molar-refractivity contribution < 1.29 is 55.7 Å². The average Bonchev–Trinajstić information content (AvgIpc) is 3.32. The lowest BCUT2D eigenvalue weighted by molar-refractivity contribution is -0.143. The molecule has 0 amide bonds. The highest BCUT2D eigenvalue weighted by atomic mass is 35.5. The van der Waals surface area contributed by atoms with Gasteiger partial charge in [0.05, 0.1) is 44.1 Å². The van der Waals surface area contributed by atoms with E-state index in [2.05, 4.69) is 44.4 Å². The lowest BCUT2D eigenvalue weighted by atomic mass is 9.96. The van der Waals surface area contributed by atoms with E-state index in [0.717, 1.165) is 66.3 Å². The number of aliphatic carboxylic acids is 2. The number of ether oxygens (including phenoxy) is 2. The number of halogens is 1. The van der Waals surface area contributed by atoms with Gasteiger partial charge >= 0.3 is 11.9 Å². The molecule has 0 unspecified atom stereocenters. The van der Waals surface area contributed by atoms with Gasteiger partial charge < -0.3 is 47.5 Å². The fourth-order valence-electron chi connectivity index (χ4n) is 7.92. The van der Waals surface area contributed by atoms with E-state index in [1.165, 1.54) is 26.4 Å². The summed E-state index contributed by atoms with van der Waals surface area (Å²) in [6, 6.07) is 10.3. The molecular formula is C54H84ClN9O12S2. The van der Waals surface area contributed by atoms with E-state index in [-0.39, 0.29) is 84.8 Å². The summed E-state index contributed by atoms with van der Waals surface area (Å²) >= 11 is 0. The van der Waals surface area contributed by atoms with E-state index in [0.29, 0.717) is 65.8 Å². The van der Waals surface area contributed by atoms with Crippen molar-refractivity contribution in [3.8, 4) is 11.5 Å². The molecule has 0 saturated carbocycles. The molecule has 0 fully saturated rings. The number of anilines is 4. The first-order valence-corrected chi connectivity index (χ1v) is 29.8. The number of carboxylic acid groups (broad SMARTS) is 2. The number of nitrogens with zero attached hydrogens (tertiary/aromatic N) is 4. The summed E-state index contributed by atoms with van der Waals surface area (Å²) in [5.41, 5.74) is 23.0. The van der Waals surface area contributed by atoms with Crippen molar-refractivity contribution in [1.82, 2.24) is 19.9 Å². The Morgan fingerprint density at radius 2 is 1.05 bits per heavy atom. The summed E-state index contributed by atoms with van der Waals surface area (Å²) in [5, 5.41) is 25.1. The number of unbranched alkanes of at least 4 members (excludes halogenated alkanes) is 2. The number of aryl methyl sites for hydroxylation is 2. The van der Waals surface area contributed by atoms with E-state index < -0.39 is 37.5 Å². The fraction of sp³-hybridized carbons (Fsp3) is 0.556. The molecule has 21 nitrogen and oxygen atoms in total. The number of carbonyl (C=O) groups excluding carboxylic acids is 2. The molecule has 436 valence electrons. The third-order valence-corrected chi connectivity index (χ3v) is 14.4. The molecule has 4 rings (SSSR count). The average molecular weight is 1150 g/mol. The first-order chi connectivity index (χ1) is 36.0. The van der Waals surface area contributed by atoms with Gasteiger partial charge in [-0.2, -0.15) is 9.97 Å². The lowest BCUT2D eigenvalue weighted by Crippen LogP contribution is -2.25. The molecule has 0 bridgehead atoms. The maximum Gasteiger partial charge on any atom is 0.307 e. The van der Waals surface area contributed by atoms with Crippen molar-refractivity contribution in [2.75, 3.05) is 60.3 Å². The van der Waals surface area contributed by atoms with Crippen molar-refractivity contribution in [1.29, 1.82) is 0 Å². The quantitative estimate of drug-likeness (QED) is 0.0278. The number of sulfone groups is 2. The Morgan fingerprint density at radius 1 is 0.667 bits per heavy atom. The largest absolute Gasteiger partial charge is 0.496 e. The van der Waals surface area contributed by atoms with Crippen LogP contribution in [-0.4, -0.2) is 127 Å². The van der Waals surface area contributed by atoms with E-state index in [1.807, 2.05) is 26.0 Å². The number of carbonyl (C=O) groups is 4. The van der Waals surface area contributed by atoms with Gasteiger partial charge in [0.1, 0.15) is 54.4 Å². The third-order valence-electron chi connectivity index (χ3n) is 12.4. The number of ketones is 2. The number of carboxylic acids is 2. The van der Waals surface area contributed by atoms with Crippen LogP contribution in [0.3, 0.4) is 0 Å². The SMILES string of the molecule is CC(=O)[C@H](C)N.CCCC[C@@H](CCS(C)(=O)=O)Nc1nc(N)nc(C)c1Cc1cc(CC(=O)C[C@@H](C)C(=O)O)ccc1OC.CCCC[C@@H](CCS(C)(=O)=O)Nc1nc(N)nc(C)c1Cc1cc(CC(=O)O)ccc1OC.Cl. The van der Waals surface area contributed by atoms with Crippen molar-refractivity contribution in [3.05, 3.63) is 81.2 Å². The first-order valence-electron chi connectivity index (χ1n) is 25.7. The summed E-state index contributed by atoms with van der Waals surface area (Å²) in [6.45, 7) is 12.5. The summed E-state index contributed by atoms with van der Waals surface area (Å²) in [4.78, 5) is 62.3. The maximum absolute atomic E-state index is 12.5. The molecule has 24 heteroatoms. The highest BCUT2D eigenvalue weighted by Crippen LogP contribution is 2.31. The van der Waals surface area contributed by atoms with Crippen LogP contribution >= 0.6 is 12.4 Å². The van der Waals surface area contributed by atoms with E-state index in [1.54, 1.807) is 45.4 Å². The van der Waals surface area contributed by atoms with Crippen LogP contribution in [-0.2, 0) is 64.5 Å². The number of nitrogen functional groups attached to an aromatic ring is 2. The number of hydrogen-bond donors (Lipinski definition) is 7. The van der Waals surface area contributed by atoms with Gasteiger partial charge in [0, 0.05) is 72.8 Å². The van der Waals surface area contributed by atoms with Crippen LogP contribution in [0.25, 0.3) is 0 Å². The molecular weight excluding hydrogens is 1070 g/mol. The van der Waals surface area contributed by atoms with Crippen LogP contribution in [0, 0.1) is 19.8 Å². The minimum Gasteiger partial charge on any atom is -0.496 e. The molecule has 0 radical (unpaired) electrons. The standard InChI is InChI=1S/C27H40N4O6S.C23H34N4O5S.C4H9NO.ClH/c1-6-7-8-21(11-12-38(5,35)36)30-25-23(18(3)29-27(28)31-25)16-20-14-19(9-10-24(20)37-4)15-22(32)13-17(2)26(33)34;1-5-6-7-18(10-11-33(4,30)31)26-22-19(15(2)25-23(24)27-22)14-17-12-16(13-21(28)29)8-9-20(17)32-3;1-3(5)4(2)6;/h9-10,14,17,21H,6-8,11-13,15-16H2,1-5H3,(H,33,34)(H3,28,29,30,31);8-9,12,18H,5-7,10-11,13-14H2,1-4H3,(H,28,29)(H3,24,25,26,27);3H,5H2,1-2H3;1H/t17-,21+;18-;3-;/m100./s1. The highest BCUT2D eigenvalue weighted by molar-refractivity contribution is 7.90. The number of Topliss-reactive ketones (excluding diaryl/α,β-unsaturated/α-hetero) is 2. The predicted molar refractivity (Wildman–Crippen MR) is 310 cm³/mol. The Morgan fingerprint density at radius 3 is 1.37 bits per heavy atom. The number of rotatable bonds is 30. The van der Waals surface area contributed by atoms with Crippen LogP contribution in [0.2, 0.25) is 0 Å². The minimum absolute atomic E-state index is 0. The van der Waals surface area contributed by atoms with Gasteiger partial charge in [-0.15, -0.1) is 12.4 Å². The van der Waals surface area contributed by atoms with Crippen molar-refractivity contribution >= 4 is 79.1 Å². The van der Waals surface area contributed by atoms with Gasteiger partial charge in [-0.1, -0.05) is 70.7 Å². The lowest BCUT2D eigenvalue weighted by Gasteiger charge is -2.22. The number of nitrogens with two attached hydrogens (primary N) is 3. The predicted octanol–water partition coefficient (Wildman–Crippen LogP) is 6.94. The molecule has 4 aromatic rings. The third kappa shape index (κ3) is 26.5. The van der Waals surface area contributed by atoms with Crippen LogP contribution in [0.15, 0.2) is 36.4 Å². The van der Waals surface area contributed by atoms with Gasteiger partial charge in [-0.05, 0) is 87.8 Å². The normalized spacial score (nSPS) is 12.7. The van der Waals surface area contributed by atoms with Crippen molar-refractivity contribution in [3.63, 3.8) is 0 Å². The fourth-order valence-corrected chi connectivity index (χ4v) is 9.34. The number of hydrogen-bond acceptors (Lipinski definition) is 19. The molecule has 4 atom stereocenters. The second-order valence-electron chi connectivity index (χ2n) is 19.6. The van der Waals surface area contributed by atoms with Crippen molar-refractivity contribution in [2.45, 2.75) is 150 Å². The van der Waals surface area contributed by atoms with Gasteiger partial charge in [0.15, 0.2) is 0 Å². The Kier molecular flexibility index (Phi) is 30.4. The molecule has 0 saturated heterocycles. The van der Waals surface area contributed by atoms with E-state index in [9.17, 15) is 36.0 Å². The molecule has 2 aromatic heterocycles. The zero-order valence-electron chi connectivity index (χ0n) is 47.1. The monoisotopic (exact) mass is 1150 g/mol. The van der Waals surface area contributed by atoms with Gasteiger partial charge in [-0.25, -0.2) is 26.8 Å². The Labute approximate surface area is 467 Å². The number of methoxy groups -OCH3 is 2. The first kappa shape index (κ1) is 69.8. The van der Waals surface area contributed by atoms with Gasteiger partial charge in [-0.3, -0.25) is 19.2 Å².